The van der Waals surface area contributed by atoms with Crippen molar-refractivity contribution in [3.63, 3.8) is 0 Å². The molecule has 4 saturated carbocycles. The second-order valence-corrected chi connectivity index (χ2v) is 6.69. The highest BCUT2D eigenvalue weighted by Crippen LogP contribution is 2.59. The van der Waals surface area contributed by atoms with Crippen molar-refractivity contribution in [2.75, 3.05) is 0 Å². The first-order valence-corrected chi connectivity index (χ1v) is 7.34. The Kier molecular flexibility index (Phi) is 2.47. The van der Waals surface area contributed by atoms with Crippen LogP contribution in [0.2, 0.25) is 0 Å². The van der Waals surface area contributed by atoms with Gasteiger partial charge >= 0.3 is 5.97 Å². The Hall–Kier alpha value is -1.32. The molecule has 0 amide bonds. The fourth-order valence-electron chi connectivity index (χ4n) is 5.19. The highest BCUT2D eigenvalue weighted by atomic mass is 16.4. The van der Waals surface area contributed by atoms with Crippen LogP contribution in [-0.2, 0) is 11.2 Å². The molecule has 4 bridgehead atoms. The van der Waals surface area contributed by atoms with Crippen LogP contribution in [0.5, 0.6) is 0 Å². The van der Waals surface area contributed by atoms with Gasteiger partial charge in [0, 0.05) is 5.92 Å². The van der Waals surface area contributed by atoms with Gasteiger partial charge in [-0.2, -0.15) is 0 Å². The lowest BCUT2D eigenvalue weighted by Gasteiger charge is -2.54. The monoisotopic (exact) mass is 261 g/mol. The minimum Gasteiger partial charge on any atom is -0.481 e. The van der Waals surface area contributed by atoms with E-state index in [0.717, 1.165) is 17.5 Å². The maximum atomic E-state index is 10.9. The molecule has 0 aliphatic heterocycles. The number of carboxylic acid groups (broad SMARTS) is 1. The van der Waals surface area contributed by atoms with Gasteiger partial charge in [-0.05, 0) is 55.8 Å². The molecule has 4 nitrogen and oxygen atoms in total. The molecule has 0 saturated heterocycles. The molecule has 0 radical (unpaired) electrons. The van der Waals surface area contributed by atoms with Gasteiger partial charge in [-0.15, -0.1) is 0 Å². The van der Waals surface area contributed by atoms with Gasteiger partial charge < -0.3 is 9.52 Å². The van der Waals surface area contributed by atoms with E-state index in [1.165, 1.54) is 38.5 Å². The average molecular weight is 261 g/mol. The summed E-state index contributed by atoms with van der Waals surface area (Å²) >= 11 is 0. The Balaban J connectivity index is 1.65. The Labute approximate surface area is 112 Å². The maximum absolute atomic E-state index is 10.9. The zero-order valence-electron chi connectivity index (χ0n) is 10.9. The summed E-state index contributed by atoms with van der Waals surface area (Å²) < 4.78 is 5.34. The molecule has 0 unspecified atom stereocenters. The lowest BCUT2D eigenvalue weighted by atomic mass is 9.51. The van der Waals surface area contributed by atoms with E-state index in [9.17, 15) is 4.79 Å². The van der Waals surface area contributed by atoms with E-state index >= 15 is 0 Å². The van der Waals surface area contributed by atoms with Crippen molar-refractivity contribution < 1.29 is 14.3 Å². The van der Waals surface area contributed by atoms with E-state index in [0.29, 0.717) is 23.5 Å². The van der Waals surface area contributed by atoms with Crippen molar-refractivity contribution in [1.29, 1.82) is 0 Å². The predicted octanol–water partition coefficient (Wildman–Crippen LogP) is 2.84. The van der Waals surface area contributed by atoms with Crippen LogP contribution in [-0.4, -0.2) is 16.1 Å². The Morgan fingerprint density at radius 1 is 1.21 bits per heavy atom. The molecule has 4 aliphatic carbocycles. The molecule has 19 heavy (non-hydrogen) atoms. The van der Waals surface area contributed by atoms with Crippen molar-refractivity contribution in [1.82, 2.24) is 4.98 Å². The van der Waals surface area contributed by atoms with Gasteiger partial charge in [-0.25, -0.2) is 4.98 Å². The van der Waals surface area contributed by atoms with Crippen LogP contribution in [0.25, 0.3) is 0 Å². The fourth-order valence-corrected chi connectivity index (χ4v) is 5.19. The summed E-state index contributed by atoms with van der Waals surface area (Å²) in [5.41, 5.74) is 0.955. The van der Waals surface area contributed by atoms with Crippen LogP contribution in [0.4, 0.5) is 0 Å². The molecule has 4 heteroatoms. The van der Waals surface area contributed by atoms with Crippen LogP contribution >= 0.6 is 0 Å². The molecule has 4 fully saturated rings. The topological polar surface area (TPSA) is 63.3 Å². The normalized spacial score (nSPS) is 39.7. The van der Waals surface area contributed by atoms with Gasteiger partial charge in [0.25, 0.3) is 0 Å². The minimum absolute atomic E-state index is 0.0296. The second-order valence-electron chi connectivity index (χ2n) is 6.69. The van der Waals surface area contributed by atoms with E-state index in [4.69, 9.17) is 9.52 Å². The third-order valence-corrected chi connectivity index (χ3v) is 5.53. The second kappa shape index (κ2) is 4.09. The van der Waals surface area contributed by atoms with Crippen molar-refractivity contribution in [3.8, 4) is 0 Å². The van der Waals surface area contributed by atoms with Crippen LogP contribution < -0.4 is 0 Å². The largest absolute Gasteiger partial charge is 0.481 e. The Morgan fingerprint density at radius 2 is 1.84 bits per heavy atom. The highest BCUT2D eigenvalue weighted by molar-refractivity contribution is 5.69. The van der Waals surface area contributed by atoms with Crippen molar-refractivity contribution in [2.24, 2.45) is 23.7 Å². The van der Waals surface area contributed by atoms with Crippen molar-refractivity contribution >= 4 is 5.97 Å². The predicted molar refractivity (Wildman–Crippen MR) is 67.6 cm³/mol. The third-order valence-electron chi connectivity index (χ3n) is 5.53. The van der Waals surface area contributed by atoms with Crippen LogP contribution in [0, 0.1) is 23.7 Å². The van der Waals surface area contributed by atoms with E-state index in [-0.39, 0.29) is 6.42 Å². The molecule has 1 heterocycles. The average Bonchev–Trinajstić information content (AvgIpc) is 2.75. The Bertz CT molecular complexity index is 479. The van der Waals surface area contributed by atoms with Crippen LogP contribution in [0.15, 0.2) is 10.8 Å². The van der Waals surface area contributed by atoms with Crippen molar-refractivity contribution in [3.05, 3.63) is 17.8 Å². The minimum atomic E-state index is -0.832. The Morgan fingerprint density at radius 3 is 2.42 bits per heavy atom. The lowest BCUT2D eigenvalue weighted by molar-refractivity contribution is -0.136. The first-order valence-electron chi connectivity index (χ1n) is 7.34. The number of rotatable bonds is 3. The number of hydrogen-bond donors (Lipinski definition) is 1. The van der Waals surface area contributed by atoms with Gasteiger partial charge in [0.15, 0.2) is 6.39 Å². The van der Waals surface area contributed by atoms with E-state index in [2.05, 4.69) is 4.98 Å². The molecule has 1 aromatic rings. The summed E-state index contributed by atoms with van der Waals surface area (Å²) in [5.74, 6) is 3.50. The summed E-state index contributed by atoms with van der Waals surface area (Å²) in [6.07, 6.45) is 8.10. The van der Waals surface area contributed by atoms with E-state index < -0.39 is 5.97 Å². The SMILES string of the molecule is O=C(O)Cc1ocnc1C1C2CC3CC(C2)CC1C3. The fraction of sp³-hybridized carbons (Fsp3) is 0.733. The van der Waals surface area contributed by atoms with Gasteiger partial charge in [0.05, 0.1) is 5.69 Å². The van der Waals surface area contributed by atoms with E-state index in [1.54, 1.807) is 0 Å². The van der Waals surface area contributed by atoms with E-state index in [1.807, 2.05) is 0 Å². The maximum Gasteiger partial charge on any atom is 0.311 e. The number of nitrogens with zero attached hydrogens (tertiary/aromatic N) is 1. The molecule has 0 atom stereocenters. The zero-order valence-corrected chi connectivity index (χ0v) is 10.9. The van der Waals surface area contributed by atoms with Crippen molar-refractivity contribution in [2.45, 2.75) is 44.4 Å². The molecular weight excluding hydrogens is 242 g/mol. The van der Waals surface area contributed by atoms with Gasteiger partial charge in [0.1, 0.15) is 12.2 Å². The number of aromatic nitrogens is 1. The summed E-state index contributed by atoms with van der Waals surface area (Å²) in [5, 5.41) is 8.97. The molecule has 1 N–H and O–H groups in total. The molecule has 0 aromatic carbocycles. The number of aliphatic carboxylic acids is 1. The number of oxazole rings is 1. The number of hydrogen-bond acceptors (Lipinski definition) is 3. The van der Waals surface area contributed by atoms with Gasteiger partial charge in [0.2, 0.25) is 0 Å². The number of carboxylic acids is 1. The first-order chi connectivity index (χ1) is 9.20. The van der Waals surface area contributed by atoms with Gasteiger partial charge in [-0.1, -0.05) is 0 Å². The molecule has 1 aromatic heterocycles. The van der Waals surface area contributed by atoms with Crippen LogP contribution in [0.3, 0.4) is 0 Å². The molecular formula is C15H19NO3. The summed E-state index contributed by atoms with van der Waals surface area (Å²) in [4.78, 5) is 15.3. The quantitative estimate of drug-likeness (QED) is 0.908. The smallest absolute Gasteiger partial charge is 0.311 e. The highest BCUT2D eigenvalue weighted by Gasteiger charge is 2.50. The third kappa shape index (κ3) is 1.80. The first kappa shape index (κ1) is 11.5. The molecule has 4 aliphatic rings. The molecule has 5 rings (SSSR count). The molecule has 0 spiro atoms. The summed E-state index contributed by atoms with van der Waals surface area (Å²) in [7, 11) is 0. The lowest BCUT2D eigenvalue weighted by Crippen LogP contribution is -2.44. The molecule has 102 valence electrons. The van der Waals surface area contributed by atoms with Gasteiger partial charge in [-0.3, -0.25) is 4.79 Å². The summed E-state index contributed by atoms with van der Waals surface area (Å²) in [6, 6.07) is 0. The van der Waals surface area contributed by atoms with Crippen LogP contribution in [0.1, 0.15) is 49.5 Å². The standard InChI is InChI=1S/C15H19NO3/c17-13(18)6-12-15(16-7-19-12)14-10-2-8-1-9(4-10)5-11(14)3-8/h7-11,14H,1-6H2,(H,17,18). The number of carbonyl (C=O) groups is 1. The zero-order chi connectivity index (χ0) is 13.0. The summed E-state index contributed by atoms with van der Waals surface area (Å²) in [6.45, 7) is 0.